The van der Waals surface area contributed by atoms with Crippen LogP contribution in [-0.2, 0) is 4.79 Å². The largest absolute Gasteiger partial charge is 0.335 e. The Morgan fingerprint density at radius 3 is 2.00 bits per heavy atom. The summed E-state index contributed by atoms with van der Waals surface area (Å²) in [7, 11) is 0. The Bertz CT molecular complexity index is 174. The van der Waals surface area contributed by atoms with Crippen molar-refractivity contribution < 1.29 is 9.59 Å². The topological polar surface area (TPSA) is 58.2 Å². The Hall–Kier alpha value is -0.770. The summed E-state index contributed by atoms with van der Waals surface area (Å²) >= 11 is 4.93. The molecule has 0 fully saturated rings. The number of nitrogens with one attached hydrogen (secondary N) is 2. The summed E-state index contributed by atoms with van der Waals surface area (Å²) in [6, 6.07) is -0.702. The molecule has 5 heteroatoms. The van der Waals surface area contributed by atoms with E-state index in [1.807, 2.05) is 5.32 Å². The van der Waals surface area contributed by atoms with Gasteiger partial charge in [-0.25, -0.2) is 9.63 Å². The van der Waals surface area contributed by atoms with E-state index in [0.717, 1.165) is 0 Å². The van der Waals surface area contributed by atoms with Gasteiger partial charge in [0, 0.05) is 17.2 Å². The molecule has 0 aliphatic heterocycles. The smallest absolute Gasteiger partial charge is 0.277 e. The molecule has 0 aliphatic carbocycles. The van der Waals surface area contributed by atoms with Crippen molar-refractivity contribution in [1.29, 1.82) is 0 Å². The van der Waals surface area contributed by atoms with Gasteiger partial charge in [0.2, 0.25) is 5.91 Å². The molecule has 0 aliphatic rings. The Morgan fingerprint density at radius 2 is 1.73 bits per heavy atom. The van der Waals surface area contributed by atoms with Gasteiger partial charge in [-0.2, -0.15) is 0 Å². The van der Waals surface area contributed by atoms with Crippen LogP contribution < -0.4 is 10.2 Å². The molecule has 64 valence electrons. The highest BCUT2D eigenvalue weighted by Gasteiger charge is 2.22. The van der Waals surface area contributed by atoms with E-state index in [-0.39, 0.29) is 5.91 Å². The third-order valence-corrected chi connectivity index (χ3v) is 1.17. The van der Waals surface area contributed by atoms with Crippen LogP contribution in [0, 0.1) is 5.41 Å². The summed E-state index contributed by atoms with van der Waals surface area (Å²) in [5.41, 5.74) is -0.580. The lowest BCUT2D eigenvalue weighted by Gasteiger charge is -2.15. The van der Waals surface area contributed by atoms with Crippen LogP contribution in [0.1, 0.15) is 20.8 Å². The minimum atomic E-state index is -0.702. The first-order valence-electron chi connectivity index (χ1n) is 3.10. The number of carbonyl (C=O) groups excluding carboxylic acids is 2. The molecule has 0 bridgehead atoms. The van der Waals surface area contributed by atoms with Crippen LogP contribution >= 0.6 is 11.8 Å². The Balaban J connectivity index is 3.99. The van der Waals surface area contributed by atoms with Gasteiger partial charge in [-0.3, -0.25) is 10.1 Å². The summed E-state index contributed by atoms with van der Waals surface area (Å²) < 4.78 is 0. The van der Waals surface area contributed by atoms with E-state index in [2.05, 4.69) is 0 Å². The third kappa shape index (κ3) is 3.83. The Labute approximate surface area is 70.4 Å². The lowest BCUT2D eigenvalue weighted by molar-refractivity contribution is -0.127. The molecule has 0 aromatic carbocycles. The molecule has 4 nitrogen and oxygen atoms in total. The van der Waals surface area contributed by atoms with Crippen LogP contribution in [0.25, 0.3) is 0 Å². The highest BCUT2D eigenvalue weighted by atomic mass is 35.5. The predicted molar refractivity (Wildman–Crippen MR) is 42.0 cm³/mol. The number of hydrogen-bond donors (Lipinski definition) is 2. The highest BCUT2D eigenvalue weighted by Crippen LogP contribution is 2.11. The van der Waals surface area contributed by atoms with Crippen molar-refractivity contribution in [2.24, 2.45) is 5.41 Å². The summed E-state index contributed by atoms with van der Waals surface area (Å²) in [4.78, 5) is 23.3. The average Bonchev–Trinajstić information content (AvgIpc) is 1.85. The second-order valence-electron chi connectivity index (χ2n) is 3.13. The predicted octanol–water partition coefficient (Wildman–Crippen LogP) is 1.01. The van der Waals surface area contributed by atoms with Crippen molar-refractivity contribution in [3.63, 3.8) is 0 Å². The molecule has 0 rings (SSSR count). The van der Waals surface area contributed by atoms with Crippen LogP contribution in [-0.4, -0.2) is 11.9 Å². The van der Waals surface area contributed by atoms with Gasteiger partial charge in [-0.05, 0) is 0 Å². The second kappa shape index (κ2) is 3.57. The third-order valence-electron chi connectivity index (χ3n) is 0.994. The molecule has 0 aromatic rings. The molecule has 0 saturated heterocycles. The molecule has 0 unspecified atom stereocenters. The van der Waals surface area contributed by atoms with Gasteiger partial charge in [0.1, 0.15) is 0 Å². The van der Waals surface area contributed by atoms with E-state index in [9.17, 15) is 9.59 Å². The number of hydrogen-bond acceptors (Lipinski definition) is 2. The fourth-order valence-corrected chi connectivity index (χ4v) is 0.361. The summed E-state index contributed by atoms with van der Waals surface area (Å²) in [6.07, 6.45) is 0. The van der Waals surface area contributed by atoms with Crippen molar-refractivity contribution in [3.8, 4) is 0 Å². The van der Waals surface area contributed by atoms with Crippen molar-refractivity contribution in [3.05, 3.63) is 0 Å². The standard InChI is InChI=1S/C6H11ClN2O2/c1-6(2,3)4(10)8-5(11)9-7/h1-3H3,(H2,8,9,10,11). The lowest BCUT2D eigenvalue weighted by Crippen LogP contribution is -2.41. The van der Waals surface area contributed by atoms with E-state index >= 15 is 0 Å². The maximum Gasteiger partial charge on any atom is 0.335 e. The first-order chi connectivity index (χ1) is 4.88. The molecule has 0 spiro atoms. The molecule has 3 amide bonds. The van der Waals surface area contributed by atoms with Crippen LogP contribution in [0.5, 0.6) is 0 Å². The Kier molecular flexibility index (Phi) is 3.32. The lowest BCUT2D eigenvalue weighted by atomic mass is 9.96. The summed E-state index contributed by atoms with van der Waals surface area (Å²) in [5, 5.41) is 2.05. The van der Waals surface area contributed by atoms with Gasteiger partial charge in [0.05, 0.1) is 0 Å². The van der Waals surface area contributed by atoms with Gasteiger partial charge < -0.3 is 0 Å². The number of rotatable bonds is 0. The first kappa shape index (κ1) is 10.2. The number of urea groups is 1. The first-order valence-corrected chi connectivity index (χ1v) is 3.48. The van der Waals surface area contributed by atoms with Crippen LogP contribution in [0.4, 0.5) is 4.79 Å². The van der Waals surface area contributed by atoms with E-state index in [4.69, 9.17) is 11.8 Å². The molecular weight excluding hydrogens is 168 g/mol. The summed E-state index contributed by atoms with van der Waals surface area (Å²) in [5.74, 6) is -0.365. The molecule has 0 saturated carbocycles. The molecule has 0 aromatic heterocycles. The molecule has 2 N–H and O–H groups in total. The van der Waals surface area contributed by atoms with Crippen molar-refractivity contribution >= 4 is 23.7 Å². The van der Waals surface area contributed by atoms with Gasteiger partial charge >= 0.3 is 6.03 Å². The molecule has 0 atom stereocenters. The van der Waals surface area contributed by atoms with E-state index in [1.54, 1.807) is 25.6 Å². The van der Waals surface area contributed by atoms with Crippen LogP contribution in [0.2, 0.25) is 0 Å². The number of carbonyl (C=O) groups is 2. The van der Waals surface area contributed by atoms with E-state index in [1.165, 1.54) is 0 Å². The maximum absolute atomic E-state index is 11.0. The normalized spacial score (nSPS) is 10.5. The molecule has 0 radical (unpaired) electrons. The quantitative estimate of drug-likeness (QED) is 0.544. The SMILES string of the molecule is CC(C)(C)C(=O)NC(=O)NCl. The average molecular weight is 179 g/mol. The number of imide groups is 1. The van der Waals surface area contributed by atoms with Gasteiger partial charge in [-0.1, -0.05) is 20.8 Å². The zero-order chi connectivity index (χ0) is 9.07. The zero-order valence-electron chi connectivity index (χ0n) is 6.69. The minimum Gasteiger partial charge on any atom is -0.277 e. The fraction of sp³-hybridized carbons (Fsp3) is 0.667. The van der Waals surface area contributed by atoms with Gasteiger partial charge in [0.15, 0.2) is 0 Å². The molecular formula is C6H11ClN2O2. The number of amides is 3. The fourth-order valence-electron chi connectivity index (χ4n) is 0.314. The van der Waals surface area contributed by atoms with Crippen molar-refractivity contribution in [2.75, 3.05) is 0 Å². The van der Waals surface area contributed by atoms with Gasteiger partial charge in [0.25, 0.3) is 0 Å². The molecule has 0 heterocycles. The monoisotopic (exact) mass is 178 g/mol. The summed E-state index contributed by atoms with van der Waals surface area (Å²) in [6.45, 7) is 5.09. The van der Waals surface area contributed by atoms with E-state index < -0.39 is 11.4 Å². The van der Waals surface area contributed by atoms with Gasteiger partial charge in [-0.15, -0.1) is 0 Å². The van der Waals surface area contributed by atoms with Crippen LogP contribution in [0.15, 0.2) is 0 Å². The Morgan fingerprint density at radius 1 is 1.27 bits per heavy atom. The van der Waals surface area contributed by atoms with Crippen LogP contribution in [0.3, 0.4) is 0 Å². The minimum absolute atomic E-state index is 0.365. The second-order valence-corrected chi connectivity index (χ2v) is 3.32. The molecule has 11 heavy (non-hydrogen) atoms. The maximum atomic E-state index is 11.0. The number of halogens is 1. The van der Waals surface area contributed by atoms with Crippen molar-refractivity contribution in [1.82, 2.24) is 10.2 Å². The highest BCUT2D eigenvalue weighted by molar-refractivity contribution is 6.22. The van der Waals surface area contributed by atoms with Crippen molar-refractivity contribution in [2.45, 2.75) is 20.8 Å². The van der Waals surface area contributed by atoms with E-state index in [0.29, 0.717) is 0 Å². The zero-order valence-corrected chi connectivity index (χ0v) is 7.45.